The van der Waals surface area contributed by atoms with E-state index in [1.807, 2.05) is 12.1 Å². The van der Waals surface area contributed by atoms with Gasteiger partial charge in [-0.2, -0.15) is 0 Å². The van der Waals surface area contributed by atoms with Gasteiger partial charge < -0.3 is 15.4 Å². The molecule has 1 heterocycles. The molecule has 0 aliphatic rings. The molecule has 1 aromatic heterocycles. The molecule has 0 bridgehead atoms. The molecule has 1 amide bonds. The summed E-state index contributed by atoms with van der Waals surface area (Å²) in [6.45, 7) is 4.18. The zero-order valence-corrected chi connectivity index (χ0v) is 11.7. The van der Waals surface area contributed by atoms with Crippen molar-refractivity contribution in [2.75, 3.05) is 24.3 Å². The lowest BCUT2D eigenvalue weighted by Crippen LogP contribution is -2.15. The van der Waals surface area contributed by atoms with E-state index >= 15 is 0 Å². The van der Waals surface area contributed by atoms with Crippen LogP contribution < -0.4 is 15.4 Å². The van der Waals surface area contributed by atoms with Crippen LogP contribution >= 0.6 is 0 Å². The van der Waals surface area contributed by atoms with Gasteiger partial charge in [0.25, 0.3) is 5.91 Å². The average Bonchev–Trinajstić information content (AvgIpc) is 2.54. The fraction of sp³-hybridized carbons (Fsp3) is 0.133. The first-order valence-corrected chi connectivity index (χ1v) is 6.37. The Kier molecular flexibility index (Phi) is 4.87. The predicted octanol–water partition coefficient (Wildman–Crippen LogP) is 2.34. The first-order chi connectivity index (χ1) is 10.2. The van der Waals surface area contributed by atoms with Crippen molar-refractivity contribution in [3.63, 3.8) is 0 Å². The predicted molar refractivity (Wildman–Crippen MR) is 81.7 cm³/mol. The lowest BCUT2D eigenvalue weighted by Gasteiger charge is -2.09. The maximum absolute atomic E-state index is 12.1. The molecule has 0 atom stereocenters. The Morgan fingerprint density at radius 3 is 2.76 bits per heavy atom. The van der Waals surface area contributed by atoms with Gasteiger partial charge in [-0.3, -0.25) is 4.79 Å². The van der Waals surface area contributed by atoms with Gasteiger partial charge in [-0.1, -0.05) is 18.2 Å². The average molecular weight is 284 g/mol. The Morgan fingerprint density at radius 2 is 2.10 bits per heavy atom. The number of hydrogen-bond donors (Lipinski definition) is 2. The second-order valence-corrected chi connectivity index (χ2v) is 4.13. The molecule has 6 nitrogen and oxygen atoms in total. The minimum Gasteiger partial charge on any atom is -0.495 e. The fourth-order valence-electron chi connectivity index (χ4n) is 1.66. The lowest BCUT2D eigenvalue weighted by atomic mass is 10.2. The van der Waals surface area contributed by atoms with E-state index in [0.717, 1.165) is 0 Å². The number of ether oxygens (including phenoxy) is 1. The molecule has 0 spiro atoms. The molecule has 0 radical (unpaired) electrons. The van der Waals surface area contributed by atoms with Crippen molar-refractivity contribution in [1.82, 2.24) is 10.2 Å². The summed E-state index contributed by atoms with van der Waals surface area (Å²) in [7, 11) is 1.55. The molecule has 0 aliphatic carbocycles. The summed E-state index contributed by atoms with van der Waals surface area (Å²) >= 11 is 0. The van der Waals surface area contributed by atoms with E-state index in [1.165, 1.54) is 0 Å². The van der Waals surface area contributed by atoms with Gasteiger partial charge in [0.05, 0.1) is 12.8 Å². The third-order valence-corrected chi connectivity index (χ3v) is 2.68. The van der Waals surface area contributed by atoms with Crippen LogP contribution in [0.15, 0.2) is 49.1 Å². The SMILES string of the molecule is C=CCNc1ccc(C(=O)Nc2ccccc2OC)nn1. The number of methoxy groups -OCH3 is 1. The smallest absolute Gasteiger partial charge is 0.276 e. The number of aromatic nitrogens is 2. The number of carbonyl (C=O) groups excluding carboxylic acids is 1. The van der Waals surface area contributed by atoms with E-state index < -0.39 is 0 Å². The Labute approximate surface area is 122 Å². The van der Waals surface area contributed by atoms with E-state index in [2.05, 4.69) is 27.4 Å². The first-order valence-electron chi connectivity index (χ1n) is 6.37. The number of anilines is 2. The van der Waals surface area contributed by atoms with Crippen LogP contribution in [0.3, 0.4) is 0 Å². The van der Waals surface area contributed by atoms with Gasteiger partial charge in [-0.25, -0.2) is 0 Å². The quantitative estimate of drug-likeness (QED) is 0.796. The maximum atomic E-state index is 12.1. The zero-order chi connectivity index (χ0) is 15.1. The number of hydrogen-bond acceptors (Lipinski definition) is 5. The largest absolute Gasteiger partial charge is 0.495 e. The number of nitrogens with zero attached hydrogens (tertiary/aromatic N) is 2. The highest BCUT2D eigenvalue weighted by Crippen LogP contribution is 2.23. The molecule has 2 rings (SSSR count). The number of amides is 1. The highest BCUT2D eigenvalue weighted by atomic mass is 16.5. The number of nitrogens with one attached hydrogen (secondary N) is 2. The van der Waals surface area contributed by atoms with E-state index in [1.54, 1.807) is 37.5 Å². The van der Waals surface area contributed by atoms with Gasteiger partial charge in [0.1, 0.15) is 11.6 Å². The minimum atomic E-state index is -0.345. The molecular weight excluding hydrogens is 268 g/mol. The van der Waals surface area contributed by atoms with Crippen LogP contribution in [-0.2, 0) is 0 Å². The molecule has 2 N–H and O–H groups in total. The summed E-state index contributed by atoms with van der Waals surface area (Å²) in [4.78, 5) is 12.1. The van der Waals surface area contributed by atoms with Crippen molar-refractivity contribution in [1.29, 1.82) is 0 Å². The molecule has 0 aliphatic heterocycles. The minimum absolute atomic E-state index is 0.227. The van der Waals surface area contributed by atoms with Gasteiger partial charge in [0, 0.05) is 6.54 Å². The van der Waals surface area contributed by atoms with Crippen molar-refractivity contribution < 1.29 is 9.53 Å². The van der Waals surface area contributed by atoms with Crippen molar-refractivity contribution in [3.8, 4) is 5.75 Å². The van der Waals surface area contributed by atoms with Crippen molar-refractivity contribution in [3.05, 3.63) is 54.7 Å². The summed E-state index contributed by atoms with van der Waals surface area (Å²) in [5.74, 6) is 0.828. The number of rotatable bonds is 6. The van der Waals surface area contributed by atoms with Gasteiger partial charge in [0.2, 0.25) is 0 Å². The summed E-state index contributed by atoms with van der Waals surface area (Å²) < 4.78 is 5.18. The van der Waals surface area contributed by atoms with E-state index in [0.29, 0.717) is 23.8 Å². The first kappa shape index (κ1) is 14.5. The molecule has 0 unspecified atom stereocenters. The zero-order valence-electron chi connectivity index (χ0n) is 11.7. The monoisotopic (exact) mass is 284 g/mol. The second-order valence-electron chi connectivity index (χ2n) is 4.13. The van der Waals surface area contributed by atoms with Crippen LogP contribution in [0.5, 0.6) is 5.75 Å². The molecular formula is C15H16N4O2. The van der Waals surface area contributed by atoms with E-state index in [9.17, 15) is 4.79 Å². The molecule has 21 heavy (non-hydrogen) atoms. The summed E-state index contributed by atoms with van der Waals surface area (Å²) in [6.07, 6.45) is 1.71. The highest BCUT2D eigenvalue weighted by Gasteiger charge is 2.11. The van der Waals surface area contributed by atoms with Crippen molar-refractivity contribution in [2.24, 2.45) is 0 Å². The molecule has 0 fully saturated rings. The van der Waals surface area contributed by atoms with Crippen LogP contribution in [0, 0.1) is 0 Å². The number of benzene rings is 1. The standard InChI is InChI=1S/C15H16N4O2/c1-3-10-16-14-9-8-12(18-19-14)15(20)17-11-6-4-5-7-13(11)21-2/h3-9H,1,10H2,2H3,(H,16,19)(H,17,20). The summed E-state index contributed by atoms with van der Waals surface area (Å²) in [5, 5.41) is 13.5. The molecule has 0 saturated carbocycles. The van der Waals surface area contributed by atoms with Crippen LogP contribution in [0.1, 0.15) is 10.5 Å². The lowest BCUT2D eigenvalue weighted by molar-refractivity contribution is 0.102. The highest BCUT2D eigenvalue weighted by molar-refractivity contribution is 6.03. The van der Waals surface area contributed by atoms with Crippen molar-refractivity contribution >= 4 is 17.4 Å². The third-order valence-electron chi connectivity index (χ3n) is 2.68. The second kappa shape index (κ2) is 7.04. The fourth-order valence-corrected chi connectivity index (χ4v) is 1.66. The van der Waals surface area contributed by atoms with E-state index in [-0.39, 0.29) is 11.6 Å². The molecule has 1 aromatic carbocycles. The molecule has 2 aromatic rings. The number of carbonyl (C=O) groups is 1. The number of para-hydroxylation sites is 2. The van der Waals surface area contributed by atoms with Gasteiger partial charge in [0.15, 0.2) is 5.69 Å². The van der Waals surface area contributed by atoms with Gasteiger partial charge in [-0.05, 0) is 24.3 Å². The topological polar surface area (TPSA) is 76.1 Å². The Morgan fingerprint density at radius 1 is 1.29 bits per heavy atom. The maximum Gasteiger partial charge on any atom is 0.276 e. The Bertz CT molecular complexity index is 626. The van der Waals surface area contributed by atoms with Crippen molar-refractivity contribution in [2.45, 2.75) is 0 Å². The van der Waals surface area contributed by atoms with E-state index in [4.69, 9.17) is 4.74 Å². The normalized spacial score (nSPS) is 9.76. The van der Waals surface area contributed by atoms with Crippen LogP contribution in [-0.4, -0.2) is 29.8 Å². The summed E-state index contributed by atoms with van der Waals surface area (Å²) in [6, 6.07) is 10.4. The van der Waals surface area contributed by atoms with Crippen LogP contribution in [0.2, 0.25) is 0 Å². The van der Waals surface area contributed by atoms with Crippen LogP contribution in [0.4, 0.5) is 11.5 Å². The van der Waals surface area contributed by atoms with Crippen LogP contribution in [0.25, 0.3) is 0 Å². The Hall–Kier alpha value is -2.89. The van der Waals surface area contributed by atoms with Gasteiger partial charge in [-0.15, -0.1) is 16.8 Å². The molecule has 0 saturated heterocycles. The molecule has 108 valence electrons. The Balaban J connectivity index is 2.07. The molecule has 6 heteroatoms. The van der Waals surface area contributed by atoms with Gasteiger partial charge >= 0.3 is 0 Å². The summed E-state index contributed by atoms with van der Waals surface area (Å²) in [5.41, 5.74) is 0.811. The third kappa shape index (κ3) is 3.79.